The van der Waals surface area contributed by atoms with Crippen molar-refractivity contribution in [1.82, 2.24) is 5.32 Å². The number of halogens is 1. The third-order valence-electron chi connectivity index (χ3n) is 5.58. The van der Waals surface area contributed by atoms with Crippen LogP contribution in [-0.2, 0) is 19.7 Å². The van der Waals surface area contributed by atoms with Crippen LogP contribution in [0.5, 0.6) is 17.2 Å². The first kappa shape index (κ1) is 28.1. The number of amides is 4. The van der Waals surface area contributed by atoms with E-state index < -0.39 is 28.0 Å². The lowest BCUT2D eigenvalue weighted by Crippen LogP contribution is -2.54. The van der Waals surface area contributed by atoms with Crippen LogP contribution in [0.3, 0.4) is 0 Å². The summed E-state index contributed by atoms with van der Waals surface area (Å²) in [7, 11) is -2.69. The lowest BCUT2D eigenvalue weighted by molar-refractivity contribution is -0.122. The quantitative estimate of drug-likeness (QED) is 0.162. The molecule has 1 aliphatic heterocycles. The molecule has 1 heterocycles. The zero-order valence-electron chi connectivity index (χ0n) is 21.1. The van der Waals surface area contributed by atoms with Crippen LogP contribution in [-0.4, -0.2) is 40.0 Å². The van der Waals surface area contributed by atoms with Crippen LogP contribution in [0.25, 0.3) is 6.08 Å². The lowest BCUT2D eigenvalue weighted by Gasteiger charge is -2.26. The molecule has 0 saturated carbocycles. The minimum atomic E-state index is -4.17. The van der Waals surface area contributed by atoms with Gasteiger partial charge >= 0.3 is 16.1 Å². The van der Waals surface area contributed by atoms with Gasteiger partial charge in [-0.15, -0.1) is 0 Å². The number of hydrogen-bond acceptors (Lipinski definition) is 8. The van der Waals surface area contributed by atoms with E-state index >= 15 is 0 Å². The Morgan fingerprint density at radius 2 is 1.67 bits per heavy atom. The van der Waals surface area contributed by atoms with Gasteiger partial charge in [0.15, 0.2) is 11.5 Å². The third kappa shape index (κ3) is 6.06. The molecule has 0 spiro atoms. The van der Waals surface area contributed by atoms with E-state index in [2.05, 4.69) is 5.32 Å². The average molecular weight is 662 g/mol. The summed E-state index contributed by atoms with van der Waals surface area (Å²) in [6.45, 7) is 3.74. The Bertz CT molecular complexity index is 1580. The summed E-state index contributed by atoms with van der Waals surface area (Å²) in [5.41, 5.74) is 1.19. The van der Waals surface area contributed by atoms with E-state index in [1.54, 1.807) is 31.2 Å². The van der Waals surface area contributed by atoms with Gasteiger partial charge in [-0.05, 0) is 96.6 Å². The molecule has 0 unspecified atom stereocenters. The molecule has 4 amide bonds. The van der Waals surface area contributed by atoms with Crippen LogP contribution in [0, 0.1) is 10.5 Å². The van der Waals surface area contributed by atoms with Crippen molar-refractivity contribution >= 4 is 62.3 Å². The number of imide groups is 2. The van der Waals surface area contributed by atoms with Crippen molar-refractivity contribution < 1.29 is 36.5 Å². The number of rotatable bonds is 8. The molecule has 202 valence electrons. The number of nitrogens with one attached hydrogen (secondary N) is 1. The van der Waals surface area contributed by atoms with Gasteiger partial charge < -0.3 is 13.7 Å². The van der Waals surface area contributed by atoms with E-state index in [0.29, 0.717) is 14.9 Å². The number of nitrogens with zero attached hydrogens (tertiary/aromatic N) is 1. The highest BCUT2D eigenvalue weighted by Crippen LogP contribution is 2.37. The number of barbiturate groups is 1. The second-order valence-electron chi connectivity index (χ2n) is 8.27. The normalized spacial score (nSPS) is 14.8. The molecule has 0 aromatic heterocycles. The van der Waals surface area contributed by atoms with E-state index in [1.807, 2.05) is 29.5 Å². The standard InChI is InChI=1S/C27H23IN2O8S/c1-4-37-23-15-17(14-22(28)24(23)38-39(34,35)20-11-5-16(2)6-12-20)13-21-25(31)29-27(33)30(26(21)32)18-7-9-19(36-3)10-8-18/h5-15H,4H2,1-3H3,(H,29,31,33)/b21-13+. The molecular weight excluding hydrogens is 639 g/mol. The first-order valence-electron chi connectivity index (χ1n) is 11.6. The van der Waals surface area contributed by atoms with E-state index in [1.165, 1.54) is 49.6 Å². The fraction of sp³-hybridized carbons (Fsp3) is 0.148. The fourth-order valence-corrected chi connectivity index (χ4v) is 5.51. The highest BCUT2D eigenvalue weighted by molar-refractivity contribution is 14.1. The van der Waals surface area contributed by atoms with E-state index in [0.717, 1.165) is 10.5 Å². The smallest absolute Gasteiger partial charge is 0.339 e. The van der Waals surface area contributed by atoms with Crippen LogP contribution in [0.1, 0.15) is 18.1 Å². The molecular formula is C27H23IN2O8S. The Balaban J connectivity index is 1.70. The molecule has 0 atom stereocenters. The minimum absolute atomic E-state index is 0.0229. The van der Waals surface area contributed by atoms with Gasteiger partial charge in [0.1, 0.15) is 16.2 Å². The van der Waals surface area contributed by atoms with Crippen molar-refractivity contribution in [3.8, 4) is 17.2 Å². The Hall–Kier alpha value is -3.91. The molecule has 1 aliphatic rings. The number of aryl methyl sites for hydroxylation is 1. The molecule has 39 heavy (non-hydrogen) atoms. The second kappa shape index (κ2) is 11.5. The number of ether oxygens (including phenoxy) is 2. The van der Waals surface area contributed by atoms with Crippen molar-refractivity contribution in [1.29, 1.82) is 0 Å². The highest BCUT2D eigenvalue weighted by atomic mass is 127. The summed E-state index contributed by atoms with van der Waals surface area (Å²) < 4.78 is 42.4. The topological polar surface area (TPSA) is 128 Å². The lowest BCUT2D eigenvalue weighted by atomic mass is 10.1. The molecule has 1 fully saturated rings. The number of anilines is 1. The van der Waals surface area contributed by atoms with Gasteiger partial charge in [-0.25, -0.2) is 9.69 Å². The van der Waals surface area contributed by atoms with Gasteiger partial charge in [0.25, 0.3) is 11.8 Å². The maximum atomic E-state index is 13.2. The van der Waals surface area contributed by atoms with E-state index in [-0.39, 0.29) is 34.3 Å². The predicted molar refractivity (Wildman–Crippen MR) is 151 cm³/mol. The van der Waals surface area contributed by atoms with Crippen LogP contribution >= 0.6 is 22.6 Å². The zero-order valence-corrected chi connectivity index (χ0v) is 24.0. The van der Waals surface area contributed by atoms with Crippen LogP contribution < -0.4 is 23.9 Å². The molecule has 0 bridgehead atoms. The monoisotopic (exact) mass is 662 g/mol. The number of urea groups is 1. The molecule has 3 aromatic rings. The minimum Gasteiger partial charge on any atom is -0.497 e. The Morgan fingerprint density at radius 1 is 1.00 bits per heavy atom. The molecule has 0 radical (unpaired) electrons. The van der Waals surface area contributed by atoms with Gasteiger partial charge in [-0.2, -0.15) is 8.42 Å². The van der Waals surface area contributed by atoms with Gasteiger partial charge in [0, 0.05) is 0 Å². The molecule has 3 aromatic carbocycles. The van der Waals surface area contributed by atoms with E-state index in [9.17, 15) is 22.8 Å². The van der Waals surface area contributed by atoms with Gasteiger partial charge in [-0.1, -0.05) is 17.7 Å². The van der Waals surface area contributed by atoms with Gasteiger partial charge in [0.05, 0.1) is 23.0 Å². The number of hydrogen-bond donors (Lipinski definition) is 1. The summed E-state index contributed by atoms with van der Waals surface area (Å²) in [6, 6.07) is 14.5. The van der Waals surface area contributed by atoms with Crippen LogP contribution in [0.15, 0.2) is 71.1 Å². The van der Waals surface area contributed by atoms with Crippen LogP contribution in [0.4, 0.5) is 10.5 Å². The third-order valence-corrected chi connectivity index (χ3v) is 7.61. The Kier molecular flexibility index (Phi) is 8.25. The van der Waals surface area contributed by atoms with Crippen molar-refractivity contribution in [2.24, 2.45) is 0 Å². The van der Waals surface area contributed by atoms with Crippen molar-refractivity contribution in [3.05, 3.63) is 80.9 Å². The maximum absolute atomic E-state index is 13.2. The number of methoxy groups -OCH3 is 1. The van der Waals surface area contributed by atoms with Gasteiger partial charge in [0.2, 0.25) is 0 Å². The molecule has 1 saturated heterocycles. The highest BCUT2D eigenvalue weighted by Gasteiger charge is 2.37. The average Bonchev–Trinajstić information content (AvgIpc) is 2.89. The molecule has 12 heteroatoms. The maximum Gasteiger partial charge on any atom is 0.339 e. The Morgan fingerprint density at radius 3 is 2.28 bits per heavy atom. The first-order valence-corrected chi connectivity index (χ1v) is 14.1. The molecule has 10 nitrogen and oxygen atoms in total. The van der Waals surface area contributed by atoms with Crippen molar-refractivity contribution in [2.75, 3.05) is 18.6 Å². The second-order valence-corrected chi connectivity index (χ2v) is 11.0. The summed E-state index contributed by atoms with van der Waals surface area (Å²) >= 11 is 1.88. The summed E-state index contributed by atoms with van der Waals surface area (Å²) in [5, 5.41) is 2.17. The largest absolute Gasteiger partial charge is 0.497 e. The number of carbonyl (C=O) groups is 3. The predicted octanol–water partition coefficient (Wildman–Crippen LogP) is 4.44. The van der Waals surface area contributed by atoms with Crippen molar-refractivity contribution in [3.63, 3.8) is 0 Å². The molecule has 4 rings (SSSR count). The Labute approximate surface area is 238 Å². The molecule has 1 N–H and O–H groups in total. The fourth-order valence-electron chi connectivity index (χ4n) is 3.67. The van der Waals surface area contributed by atoms with E-state index in [4.69, 9.17) is 13.7 Å². The zero-order chi connectivity index (χ0) is 28.3. The number of carbonyl (C=O) groups excluding carboxylic acids is 3. The number of benzene rings is 3. The first-order chi connectivity index (χ1) is 18.5. The molecule has 0 aliphatic carbocycles. The van der Waals surface area contributed by atoms with Gasteiger partial charge in [-0.3, -0.25) is 14.9 Å². The SMILES string of the molecule is CCOc1cc(/C=C2\C(=O)NC(=O)N(c3ccc(OC)cc3)C2=O)cc(I)c1OS(=O)(=O)c1ccc(C)cc1. The summed E-state index contributed by atoms with van der Waals surface area (Å²) in [4.78, 5) is 39.2. The van der Waals surface area contributed by atoms with Crippen LogP contribution in [0.2, 0.25) is 0 Å². The summed E-state index contributed by atoms with van der Waals surface area (Å²) in [5.74, 6) is -1.11. The summed E-state index contributed by atoms with van der Waals surface area (Å²) in [6.07, 6.45) is 1.30. The van der Waals surface area contributed by atoms with Crippen molar-refractivity contribution in [2.45, 2.75) is 18.7 Å².